The first-order chi connectivity index (χ1) is 8.08. The molecule has 0 aliphatic heterocycles. The maximum atomic E-state index is 9.68. The summed E-state index contributed by atoms with van der Waals surface area (Å²) < 4.78 is 9.99. The molecule has 0 spiro atoms. The van der Waals surface area contributed by atoms with Crippen LogP contribution in [-0.2, 0) is 0 Å². The van der Waals surface area contributed by atoms with Gasteiger partial charge < -0.3 is 20.3 Å². The molecule has 0 atom stereocenters. The lowest BCUT2D eigenvalue weighted by Crippen LogP contribution is -2.23. The molecule has 0 saturated heterocycles. The summed E-state index contributed by atoms with van der Waals surface area (Å²) in [5.41, 5.74) is 8.30. The summed E-state index contributed by atoms with van der Waals surface area (Å²) in [6.07, 6.45) is 1.48. The number of benzene rings is 1. The molecule has 17 heavy (non-hydrogen) atoms. The molecule has 1 aromatic carbocycles. The number of hydrogen-bond donors (Lipinski definition) is 3. The molecule has 1 aromatic rings. The topological polar surface area (TPSA) is 89.1 Å². The third kappa shape index (κ3) is 3.49. The maximum Gasteiger partial charge on any atom is 0.200 e. The predicted molar refractivity (Wildman–Crippen MR) is 68.7 cm³/mol. The minimum atomic E-state index is -0.0607. The average molecular weight is 255 g/mol. The monoisotopic (exact) mass is 255 g/mol. The van der Waals surface area contributed by atoms with Gasteiger partial charge in [-0.25, -0.2) is 0 Å². The fraction of sp³-hybridized carbons (Fsp3) is 0.200. The second-order valence-corrected chi connectivity index (χ2v) is 3.45. The van der Waals surface area contributed by atoms with Crippen LogP contribution in [0.5, 0.6) is 17.2 Å². The smallest absolute Gasteiger partial charge is 0.200 e. The van der Waals surface area contributed by atoms with E-state index in [1.54, 1.807) is 12.1 Å². The summed E-state index contributed by atoms with van der Waals surface area (Å²) in [6, 6.07) is 3.20. The van der Waals surface area contributed by atoms with E-state index in [0.717, 1.165) is 0 Å². The lowest BCUT2D eigenvalue weighted by Gasteiger charge is -2.09. The van der Waals surface area contributed by atoms with Gasteiger partial charge in [0.25, 0.3) is 0 Å². The minimum Gasteiger partial charge on any atom is -0.502 e. The number of aromatic hydroxyl groups is 1. The van der Waals surface area contributed by atoms with Crippen molar-refractivity contribution in [2.45, 2.75) is 0 Å². The van der Waals surface area contributed by atoms with E-state index < -0.39 is 0 Å². The highest BCUT2D eigenvalue weighted by atomic mass is 32.1. The number of methoxy groups -OCH3 is 2. The van der Waals surface area contributed by atoms with Crippen LogP contribution in [0.25, 0.3) is 0 Å². The molecular weight excluding hydrogens is 242 g/mol. The van der Waals surface area contributed by atoms with Crippen molar-refractivity contribution in [2.75, 3.05) is 14.2 Å². The number of nitrogens with zero attached hydrogens (tertiary/aromatic N) is 1. The molecule has 6 nitrogen and oxygen atoms in total. The van der Waals surface area contributed by atoms with Gasteiger partial charge in [0.1, 0.15) is 0 Å². The highest BCUT2D eigenvalue weighted by Crippen LogP contribution is 2.36. The summed E-state index contributed by atoms with van der Waals surface area (Å²) in [7, 11) is 2.89. The predicted octanol–water partition coefficient (Wildman–Crippen LogP) is 0.577. The Bertz CT molecular complexity index is 423. The van der Waals surface area contributed by atoms with Crippen LogP contribution in [0.4, 0.5) is 0 Å². The molecule has 0 saturated carbocycles. The summed E-state index contributed by atoms with van der Waals surface area (Å²) >= 11 is 4.59. The molecule has 0 amide bonds. The Labute approximate surface area is 104 Å². The van der Waals surface area contributed by atoms with Crippen molar-refractivity contribution in [1.29, 1.82) is 0 Å². The fourth-order valence-electron chi connectivity index (χ4n) is 1.16. The number of nitrogens with two attached hydrogens (primary N) is 1. The van der Waals surface area contributed by atoms with Gasteiger partial charge in [0, 0.05) is 5.56 Å². The van der Waals surface area contributed by atoms with Crippen LogP contribution < -0.4 is 20.6 Å². The number of hydrogen-bond acceptors (Lipinski definition) is 5. The summed E-state index contributed by atoms with van der Waals surface area (Å²) in [4.78, 5) is 0. The Morgan fingerprint density at radius 3 is 2.35 bits per heavy atom. The van der Waals surface area contributed by atoms with Gasteiger partial charge in [-0.3, -0.25) is 5.43 Å². The summed E-state index contributed by atoms with van der Waals surface area (Å²) in [5, 5.41) is 13.5. The highest BCUT2D eigenvalue weighted by molar-refractivity contribution is 7.80. The first kappa shape index (κ1) is 13.0. The van der Waals surface area contributed by atoms with E-state index in [4.69, 9.17) is 15.2 Å². The van der Waals surface area contributed by atoms with E-state index in [-0.39, 0.29) is 10.9 Å². The SMILES string of the molecule is COc1cc(/C=N/NC(N)=S)cc(OC)c1O. The van der Waals surface area contributed by atoms with Gasteiger partial charge >= 0.3 is 0 Å². The molecule has 1 rings (SSSR count). The van der Waals surface area contributed by atoms with Crippen LogP contribution in [0.3, 0.4) is 0 Å². The molecule has 0 aliphatic carbocycles. The van der Waals surface area contributed by atoms with Crippen molar-refractivity contribution in [3.63, 3.8) is 0 Å². The first-order valence-corrected chi connectivity index (χ1v) is 5.02. The van der Waals surface area contributed by atoms with E-state index in [0.29, 0.717) is 17.1 Å². The average Bonchev–Trinajstić information content (AvgIpc) is 2.30. The number of thiocarbonyl (C=S) groups is 1. The molecule has 92 valence electrons. The number of hydrazone groups is 1. The largest absolute Gasteiger partial charge is 0.502 e. The van der Waals surface area contributed by atoms with Gasteiger partial charge in [-0.15, -0.1) is 0 Å². The zero-order valence-electron chi connectivity index (χ0n) is 9.43. The maximum absolute atomic E-state index is 9.68. The lowest BCUT2D eigenvalue weighted by molar-refractivity contribution is 0.340. The van der Waals surface area contributed by atoms with E-state index in [1.165, 1.54) is 20.4 Å². The molecule has 0 heterocycles. The standard InChI is InChI=1S/C10H13N3O3S/c1-15-7-3-6(5-12-13-10(11)17)4-8(16-2)9(7)14/h3-5,14H,1-2H3,(H3,11,13,17)/b12-5+. The van der Waals surface area contributed by atoms with Gasteiger partial charge in [-0.05, 0) is 24.4 Å². The van der Waals surface area contributed by atoms with Gasteiger partial charge in [0.15, 0.2) is 16.6 Å². The van der Waals surface area contributed by atoms with Crippen molar-refractivity contribution in [1.82, 2.24) is 5.43 Å². The Kier molecular flexibility index (Phi) is 4.53. The summed E-state index contributed by atoms with van der Waals surface area (Å²) in [6.45, 7) is 0. The molecule has 0 unspecified atom stereocenters. The Morgan fingerprint density at radius 1 is 1.41 bits per heavy atom. The van der Waals surface area contributed by atoms with Gasteiger partial charge in [-0.1, -0.05) is 0 Å². The van der Waals surface area contributed by atoms with Crippen LogP contribution in [0.15, 0.2) is 17.2 Å². The van der Waals surface area contributed by atoms with E-state index >= 15 is 0 Å². The van der Waals surface area contributed by atoms with Crippen LogP contribution in [0.2, 0.25) is 0 Å². The third-order valence-corrected chi connectivity index (χ3v) is 1.98. The number of nitrogens with one attached hydrogen (secondary N) is 1. The minimum absolute atomic E-state index is 0.0607. The van der Waals surface area contributed by atoms with Crippen LogP contribution in [0.1, 0.15) is 5.56 Å². The third-order valence-electron chi connectivity index (χ3n) is 1.89. The van der Waals surface area contributed by atoms with Crippen molar-refractivity contribution in [3.8, 4) is 17.2 Å². The Hall–Kier alpha value is -2.02. The lowest BCUT2D eigenvalue weighted by atomic mass is 10.2. The molecule has 0 aromatic heterocycles. The van der Waals surface area contributed by atoms with Crippen molar-refractivity contribution in [2.24, 2.45) is 10.8 Å². The van der Waals surface area contributed by atoms with Crippen LogP contribution in [-0.4, -0.2) is 30.7 Å². The number of rotatable bonds is 4. The van der Waals surface area contributed by atoms with Crippen LogP contribution >= 0.6 is 12.2 Å². The van der Waals surface area contributed by atoms with Crippen molar-refractivity contribution < 1.29 is 14.6 Å². The van der Waals surface area contributed by atoms with Crippen LogP contribution in [0, 0.1) is 0 Å². The van der Waals surface area contributed by atoms with Gasteiger partial charge in [-0.2, -0.15) is 5.10 Å². The Balaban J connectivity index is 3.00. The molecule has 0 bridgehead atoms. The second-order valence-electron chi connectivity index (χ2n) is 3.01. The van der Waals surface area contributed by atoms with E-state index in [1.807, 2.05) is 0 Å². The molecule has 0 aliphatic rings. The van der Waals surface area contributed by atoms with Gasteiger partial charge in [0.2, 0.25) is 5.75 Å². The zero-order valence-corrected chi connectivity index (χ0v) is 10.2. The van der Waals surface area contributed by atoms with E-state index in [9.17, 15) is 5.11 Å². The second kappa shape index (κ2) is 5.90. The molecule has 0 radical (unpaired) electrons. The quantitative estimate of drug-likeness (QED) is 0.414. The summed E-state index contributed by atoms with van der Waals surface area (Å²) in [5.74, 6) is 0.525. The molecule has 4 N–H and O–H groups in total. The normalized spacial score (nSPS) is 10.2. The number of phenols is 1. The molecule has 0 fully saturated rings. The number of ether oxygens (including phenoxy) is 2. The molecule has 7 heteroatoms. The van der Waals surface area contributed by atoms with Crippen molar-refractivity contribution >= 4 is 23.5 Å². The van der Waals surface area contributed by atoms with Gasteiger partial charge in [0.05, 0.1) is 20.4 Å². The van der Waals surface area contributed by atoms with E-state index in [2.05, 4.69) is 22.7 Å². The first-order valence-electron chi connectivity index (χ1n) is 4.62. The molecular formula is C10H13N3O3S. The van der Waals surface area contributed by atoms with Crippen molar-refractivity contribution in [3.05, 3.63) is 17.7 Å². The Morgan fingerprint density at radius 2 is 1.94 bits per heavy atom. The number of phenolic OH excluding ortho intramolecular Hbond substituents is 1. The zero-order chi connectivity index (χ0) is 12.8. The fourth-order valence-corrected chi connectivity index (χ4v) is 1.21. The highest BCUT2D eigenvalue weighted by Gasteiger charge is 2.09.